The van der Waals surface area contributed by atoms with Crippen LogP contribution in [0.3, 0.4) is 0 Å². The van der Waals surface area contributed by atoms with E-state index in [-0.39, 0.29) is 36.6 Å². The van der Waals surface area contributed by atoms with Crippen LogP contribution < -0.4 is 4.90 Å². The summed E-state index contributed by atoms with van der Waals surface area (Å²) in [5.41, 5.74) is 2.78. The van der Waals surface area contributed by atoms with Crippen LogP contribution in [0.15, 0.2) is 42.5 Å². The van der Waals surface area contributed by atoms with Crippen molar-refractivity contribution in [1.82, 2.24) is 24.8 Å². The normalized spacial score (nSPS) is 15.9. The lowest BCUT2D eigenvalue weighted by molar-refractivity contribution is -0.133. The highest BCUT2D eigenvalue weighted by Crippen LogP contribution is 2.26. The number of hydrogen-bond acceptors (Lipinski definition) is 5. The van der Waals surface area contributed by atoms with Crippen LogP contribution in [-0.2, 0) is 22.7 Å². The van der Waals surface area contributed by atoms with Gasteiger partial charge in [0.2, 0.25) is 11.8 Å². The van der Waals surface area contributed by atoms with E-state index in [9.17, 15) is 14.0 Å². The summed E-state index contributed by atoms with van der Waals surface area (Å²) in [6, 6.07) is 12.1. The van der Waals surface area contributed by atoms with Crippen LogP contribution in [0.1, 0.15) is 52.5 Å². The summed E-state index contributed by atoms with van der Waals surface area (Å²) in [5, 5.41) is 8.91. The van der Waals surface area contributed by atoms with E-state index in [1.165, 1.54) is 16.9 Å². The zero-order chi connectivity index (χ0) is 27.9. The first-order valence-electron chi connectivity index (χ1n) is 14.1. The molecule has 2 aromatic carbocycles. The van der Waals surface area contributed by atoms with Gasteiger partial charge in [0, 0.05) is 38.3 Å². The van der Waals surface area contributed by atoms with E-state index in [1.54, 1.807) is 15.9 Å². The van der Waals surface area contributed by atoms with Gasteiger partial charge in [0.25, 0.3) is 0 Å². The second kappa shape index (κ2) is 13.2. The topological polar surface area (TPSA) is 74.6 Å². The molecule has 0 fully saturated rings. The maximum absolute atomic E-state index is 14.5. The van der Waals surface area contributed by atoms with Gasteiger partial charge in [-0.2, -0.15) is 15.0 Å². The Bertz CT molecular complexity index is 1240. The van der Waals surface area contributed by atoms with Crippen molar-refractivity contribution in [2.24, 2.45) is 11.8 Å². The molecule has 2 heterocycles. The molecular formula is C30H41FN6O2. The summed E-state index contributed by atoms with van der Waals surface area (Å²) in [6.07, 6.45) is 2.04. The van der Waals surface area contributed by atoms with Gasteiger partial charge in [0.1, 0.15) is 23.4 Å². The van der Waals surface area contributed by atoms with Crippen LogP contribution in [0.2, 0.25) is 0 Å². The van der Waals surface area contributed by atoms with Crippen molar-refractivity contribution in [3.63, 3.8) is 0 Å². The van der Waals surface area contributed by atoms with E-state index < -0.39 is 0 Å². The number of halogens is 1. The third kappa shape index (κ3) is 7.85. The molecule has 0 bridgehead atoms. The lowest BCUT2D eigenvalue weighted by Gasteiger charge is -2.32. The van der Waals surface area contributed by atoms with Gasteiger partial charge >= 0.3 is 0 Å². The van der Waals surface area contributed by atoms with Crippen LogP contribution in [0, 0.1) is 17.7 Å². The van der Waals surface area contributed by atoms with Crippen LogP contribution in [0.4, 0.5) is 10.1 Å². The van der Waals surface area contributed by atoms with E-state index in [4.69, 9.17) is 0 Å². The first-order chi connectivity index (χ1) is 18.7. The summed E-state index contributed by atoms with van der Waals surface area (Å²) >= 11 is 0. The molecule has 0 spiro atoms. The Morgan fingerprint density at radius 2 is 1.54 bits per heavy atom. The Morgan fingerprint density at radius 1 is 0.872 bits per heavy atom. The Kier molecular flexibility index (Phi) is 9.67. The molecule has 0 N–H and O–H groups in total. The summed E-state index contributed by atoms with van der Waals surface area (Å²) in [6.45, 7) is 12.4. The van der Waals surface area contributed by atoms with Crippen LogP contribution in [0.25, 0.3) is 11.0 Å². The molecule has 9 heteroatoms. The molecule has 8 nitrogen and oxygen atoms in total. The minimum atomic E-state index is -0.382. The Morgan fingerprint density at radius 3 is 2.18 bits per heavy atom. The maximum Gasteiger partial charge on any atom is 0.246 e. The van der Waals surface area contributed by atoms with Crippen molar-refractivity contribution < 1.29 is 14.0 Å². The molecule has 1 aliphatic heterocycles. The highest BCUT2D eigenvalue weighted by molar-refractivity contribution is 5.94. The molecule has 0 saturated heterocycles. The molecule has 0 atom stereocenters. The number of anilines is 1. The summed E-state index contributed by atoms with van der Waals surface area (Å²) in [5.74, 6) is 0.217. The smallest absolute Gasteiger partial charge is 0.246 e. The number of rotatable bonds is 6. The second-order valence-corrected chi connectivity index (χ2v) is 11.4. The predicted octanol–water partition coefficient (Wildman–Crippen LogP) is 4.73. The van der Waals surface area contributed by atoms with E-state index in [0.29, 0.717) is 36.7 Å². The van der Waals surface area contributed by atoms with Gasteiger partial charge in [-0.3, -0.25) is 9.59 Å². The third-order valence-electron chi connectivity index (χ3n) is 6.92. The van der Waals surface area contributed by atoms with E-state index >= 15 is 0 Å². The third-order valence-corrected chi connectivity index (χ3v) is 6.92. The van der Waals surface area contributed by atoms with Crippen molar-refractivity contribution in [1.29, 1.82) is 0 Å². The molecule has 1 aliphatic rings. The summed E-state index contributed by atoms with van der Waals surface area (Å²) in [4.78, 5) is 34.4. The summed E-state index contributed by atoms with van der Waals surface area (Å²) in [7, 11) is 0. The minimum Gasteiger partial charge on any atom is -0.337 e. The van der Waals surface area contributed by atoms with E-state index in [1.807, 2.05) is 38.1 Å². The highest BCUT2D eigenvalue weighted by Gasteiger charge is 2.24. The average molecular weight is 537 g/mol. The van der Waals surface area contributed by atoms with Crippen molar-refractivity contribution in [3.05, 3.63) is 53.8 Å². The maximum atomic E-state index is 14.5. The van der Waals surface area contributed by atoms with Gasteiger partial charge in [-0.05, 0) is 73.7 Å². The van der Waals surface area contributed by atoms with Crippen LogP contribution >= 0.6 is 0 Å². The van der Waals surface area contributed by atoms with Gasteiger partial charge in [-0.25, -0.2) is 4.39 Å². The fourth-order valence-electron chi connectivity index (χ4n) is 5.22. The predicted molar refractivity (Wildman–Crippen MR) is 152 cm³/mol. The number of carbonyl (C=O) groups is 2. The van der Waals surface area contributed by atoms with Crippen molar-refractivity contribution in [2.75, 3.05) is 37.6 Å². The number of fused-ring (bicyclic) bond motifs is 2. The Balaban J connectivity index is 1.65. The van der Waals surface area contributed by atoms with Crippen molar-refractivity contribution in [2.45, 2.75) is 60.0 Å². The number of hydrogen-bond donors (Lipinski definition) is 0. The molecule has 0 unspecified atom stereocenters. The van der Waals surface area contributed by atoms with Crippen LogP contribution in [0.5, 0.6) is 0 Å². The molecule has 3 aromatic rings. The number of nitrogens with zero attached hydrogens (tertiary/aromatic N) is 6. The SMILES string of the molecule is CC(C)CC(=O)N1CCCN(CC(C)C)CCCN(C(=O)Cn2nc3ccccc3n2)Cc2cc(F)ccc21. The number of aromatic nitrogens is 3. The number of amides is 2. The average Bonchev–Trinajstić information content (AvgIpc) is 3.27. The van der Waals surface area contributed by atoms with E-state index in [0.717, 1.165) is 43.5 Å². The van der Waals surface area contributed by atoms with Crippen molar-refractivity contribution >= 4 is 28.5 Å². The first-order valence-corrected chi connectivity index (χ1v) is 14.1. The quantitative estimate of drug-likeness (QED) is 0.455. The number of benzene rings is 2. The lowest BCUT2D eigenvalue weighted by atomic mass is 10.1. The Labute approximate surface area is 230 Å². The standard InChI is InChI=1S/C30H41FN6O2/c1-22(2)17-29(38)36-16-8-14-34(19-23(3)4)13-7-15-35(20-24-18-25(31)11-12-28(24)36)30(39)21-37-32-26-9-5-6-10-27(26)33-37/h5-6,9-12,18,22-23H,7-8,13-17,19-21H2,1-4H3. The van der Waals surface area contributed by atoms with E-state index in [2.05, 4.69) is 28.9 Å². The monoisotopic (exact) mass is 536 g/mol. The molecule has 0 aliphatic carbocycles. The minimum absolute atomic E-state index is 0.00890. The molecule has 0 radical (unpaired) electrons. The lowest BCUT2D eigenvalue weighted by Crippen LogP contribution is -2.40. The Hall–Kier alpha value is -3.33. The molecule has 2 amide bonds. The van der Waals surface area contributed by atoms with Gasteiger partial charge in [-0.15, -0.1) is 0 Å². The molecule has 1 aromatic heterocycles. The molecular weight excluding hydrogens is 495 g/mol. The zero-order valence-corrected chi connectivity index (χ0v) is 23.6. The van der Waals surface area contributed by atoms with Gasteiger partial charge in [0.15, 0.2) is 0 Å². The van der Waals surface area contributed by atoms with Crippen LogP contribution in [-0.4, -0.2) is 69.3 Å². The fourth-order valence-corrected chi connectivity index (χ4v) is 5.22. The largest absolute Gasteiger partial charge is 0.337 e. The highest BCUT2D eigenvalue weighted by atomic mass is 19.1. The molecule has 39 heavy (non-hydrogen) atoms. The molecule has 0 saturated carbocycles. The molecule has 4 rings (SSSR count). The van der Waals surface area contributed by atoms with Crippen molar-refractivity contribution in [3.8, 4) is 0 Å². The van der Waals surface area contributed by atoms with Gasteiger partial charge < -0.3 is 14.7 Å². The van der Waals surface area contributed by atoms with Gasteiger partial charge in [0.05, 0.1) is 0 Å². The molecule has 210 valence electrons. The zero-order valence-electron chi connectivity index (χ0n) is 23.6. The second-order valence-electron chi connectivity index (χ2n) is 11.4. The summed E-state index contributed by atoms with van der Waals surface area (Å²) < 4.78 is 14.5. The number of carbonyl (C=O) groups excluding carboxylic acids is 2. The van der Waals surface area contributed by atoms with Gasteiger partial charge in [-0.1, -0.05) is 39.8 Å². The fraction of sp³-hybridized carbons (Fsp3) is 0.533. The first kappa shape index (κ1) is 28.7.